The van der Waals surface area contributed by atoms with Crippen LogP contribution in [0.4, 0.5) is 0 Å². The molecule has 0 N–H and O–H groups in total. The van der Waals surface area contributed by atoms with Crippen molar-refractivity contribution in [1.82, 2.24) is 0 Å². The monoisotopic (exact) mass is 148 g/mol. The molecule has 0 heteroatoms. The van der Waals surface area contributed by atoms with Crippen molar-refractivity contribution in [2.75, 3.05) is 0 Å². The molecule has 0 nitrogen and oxygen atoms in total. The molecule has 0 spiro atoms. The van der Waals surface area contributed by atoms with E-state index in [2.05, 4.69) is 38.2 Å². The Kier molecular flexibility index (Phi) is 3.15. The van der Waals surface area contributed by atoms with Crippen molar-refractivity contribution in [2.45, 2.75) is 33.1 Å². The molecule has 1 aliphatic carbocycles. The van der Waals surface area contributed by atoms with E-state index < -0.39 is 0 Å². The second-order valence-corrected chi connectivity index (χ2v) is 2.99. The Morgan fingerprint density at radius 3 is 3.00 bits per heavy atom. The van der Waals surface area contributed by atoms with Gasteiger partial charge in [0.05, 0.1) is 0 Å². The van der Waals surface area contributed by atoms with E-state index in [1.54, 1.807) is 0 Å². The van der Waals surface area contributed by atoms with Crippen molar-refractivity contribution in [1.29, 1.82) is 0 Å². The van der Waals surface area contributed by atoms with Gasteiger partial charge in [0.25, 0.3) is 0 Å². The number of hydrogen-bond donors (Lipinski definition) is 0. The normalized spacial score (nSPS) is 18.4. The Labute approximate surface area is 69.3 Å². The van der Waals surface area contributed by atoms with Crippen molar-refractivity contribution in [3.63, 3.8) is 0 Å². The van der Waals surface area contributed by atoms with Crippen LogP contribution in [0, 0.1) is 0 Å². The van der Waals surface area contributed by atoms with Crippen molar-refractivity contribution in [3.8, 4) is 0 Å². The van der Waals surface area contributed by atoms with Gasteiger partial charge in [-0.15, -0.1) is 0 Å². The van der Waals surface area contributed by atoms with Crippen molar-refractivity contribution in [3.05, 3.63) is 35.5 Å². The molecule has 0 saturated carbocycles. The van der Waals surface area contributed by atoms with Gasteiger partial charge in [-0.25, -0.2) is 0 Å². The lowest BCUT2D eigenvalue weighted by molar-refractivity contribution is 0.948. The molecule has 0 aromatic rings. The Morgan fingerprint density at radius 2 is 2.36 bits per heavy atom. The first-order valence-corrected chi connectivity index (χ1v) is 4.37. The van der Waals surface area contributed by atoms with Crippen LogP contribution < -0.4 is 0 Å². The summed E-state index contributed by atoms with van der Waals surface area (Å²) in [5, 5.41) is 0. The number of rotatable bonds is 2. The van der Waals surface area contributed by atoms with E-state index in [1.807, 2.05) is 0 Å². The summed E-state index contributed by atoms with van der Waals surface area (Å²) in [4.78, 5) is 0. The first-order valence-electron chi connectivity index (χ1n) is 4.37. The van der Waals surface area contributed by atoms with Crippen LogP contribution >= 0.6 is 0 Å². The molecule has 0 radical (unpaired) electrons. The van der Waals surface area contributed by atoms with Gasteiger partial charge < -0.3 is 0 Å². The van der Waals surface area contributed by atoms with E-state index in [1.165, 1.54) is 24.0 Å². The molecule has 0 atom stereocenters. The predicted octanol–water partition coefficient (Wildman–Crippen LogP) is 3.62. The first kappa shape index (κ1) is 8.32. The summed E-state index contributed by atoms with van der Waals surface area (Å²) in [6.45, 7) is 4.39. The van der Waals surface area contributed by atoms with Gasteiger partial charge in [0, 0.05) is 0 Å². The minimum Gasteiger partial charge on any atom is -0.0842 e. The highest BCUT2D eigenvalue weighted by Gasteiger charge is 1.98. The maximum atomic E-state index is 2.25. The van der Waals surface area contributed by atoms with E-state index in [4.69, 9.17) is 0 Å². The molecule has 0 unspecified atom stereocenters. The van der Waals surface area contributed by atoms with Gasteiger partial charge in [0.2, 0.25) is 0 Å². The van der Waals surface area contributed by atoms with Gasteiger partial charge in [-0.3, -0.25) is 0 Å². The zero-order valence-corrected chi connectivity index (χ0v) is 7.43. The molecule has 1 aliphatic rings. The third-order valence-corrected chi connectivity index (χ3v) is 2.01. The molecule has 0 aliphatic heterocycles. The van der Waals surface area contributed by atoms with Crippen LogP contribution in [0.2, 0.25) is 0 Å². The fraction of sp³-hybridized carbons (Fsp3) is 0.455. The highest BCUT2D eigenvalue weighted by atomic mass is 14.0. The highest BCUT2D eigenvalue weighted by Crippen LogP contribution is 2.18. The minimum absolute atomic E-state index is 1.13. The summed E-state index contributed by atoms with van der Waals surface area (Å²) in [6.07, 6.45) is 12.5. The maximum Gasteiger partial charge on any atom is -0.0274 e. The molecule has 0 aromatic heterocycles. The Balaban J connectivity index is 2.68. The summed E-state index contributed by atoms with van der Waals surface area (Å²) < 4.78 is 0. The average Bonchev–Trinajstić information content (AvgIpc) is 2.03. The fourth-order valence-electron chi connectivity index (χ4n) is 1.24. The van der Waals surface area contributed by atoms with Crippen LogP contribution in [0.3, 0.4) is 0 Å². The Morgan fingerprint density at radius 1 is 1.55 bits per heavy atom. The highest BCUT2D eigenvalue weighted by molar-refractivity contribution is 5.37. The third-order valence-electron chi connectivity index (χ3n) is 2.01. The van der Waals surface area contributed by atoms with Crippen LogP contribution in [0.15, 0.2) is 35.5 Å². The number of allylic oxidation sites excluding steroid dienone is 6. The van der Waals surface area contributed by atoms with Crippen LogP contribution in [0.1, 0.15) is 33.1 Å². The standard InChI is InChI=1S/C11H16/c1-3-4-8-11-9-6-5-7-10(11)2/h4,6,8-9H,3,5,7H2,1-2H3/b8-4-. The smallest absolute Gasteiger partial charge is 0.0274 e. The lowest BCUT2D eigenvalue weighted by atomic mass is 9.99. The third kappa shape index (κ3) is 2.38. The summed E-state index contributed by atoms with van der Waals surface area (Å²) in [5.41, 5.74) is 2.94. The van der Waals surface area contributed by atoms with Gasteiger partial charge >= 0.3 is 0 Å². The van der Waals surface area contributed by atoms with Crippen LogP contribution in [-0.4, -0.2) is 0 Å². The van der Waals surface area contributed by atoms with Crippen LogP contribution in [-0.2, 0) is 0 Å². The second kappa shape index (κ2) is 4.17. The molecule has 0 saturated heterocycles. The lowest BCUT2D eigenvalue weighted by Gasteiger charge is -2.07. The molecule has 0 heterocycles. The Bertz CT molecular complexity index is 204. The van der Waals surface area contributed by atoms with E-state index in [0.29, 0.717) is 0 Å². The molecule has 11 heavy (non-hydrogen) atoms. The van der Waals surface area contributed by atoms with Gasteiger partial charge in [-0.1, -0.05) is 36.8 Å². The fourth-order valence-corrected chi connectivity index (χ4v) is 1.24. The van der Waals surface area contributed by atoms with E-state index >= 15 is 0 Å². The maximum absolute atomic E-state index is 2.25. The van der Waals surface area contributed by atoms with E-state index in [-0.39, 0.29) is 0 Å². The zero-order valence-electron chi connectivity index (χ0n) is 7.43. The molecule has 1 rings (SSSR count). The molecule has 0 fully saturated rings. The topological polar surface area (TPSA) is 0 Å². The zero-order chi connectivity index (χ0) is 8.10. The quantitative estimate of drug-likeness (QED) is 0.561. The summed E-state index contributed by atoms with van der Waals surface area (Å²) in [5.74, 6) is 0. The van der Waals surface area contributed by atoms with E-state index in [0.717, 1.165) is 6.42 Å². The molecule has 60 valence electrons. The number of hydrogen-bond acceptors (Lipinski definition) is 0. The molecular formula is C11H16. The molecule has 0 amide bonds. The molecule has 0 aromatic carbocycles. The lowest BCUT2D eigenvalue weighted by Crippen LogP contribution is -1.87. The minimum atomic E-state index is 1.13. The average molecular weight is 148 g/mol. The van der Waals surface area contributed by atoms with Crippen LogP contribution in [0.25, 0.3) is 0 Å². The van der Waals surface area contributed by atoms with Crippen molar-refractivity contribution >= 4 is 0 Å². The molecule has 0 bridgehead atoms. The van der Waals surface area contributed by atoms with Crippen molar-refractivity contribution in [2.24, 2.45) is 0 Å². The summed E-state index contributed by atoms with van der Waals surface area (Å²) in [7, 11) is 0. The predicted molar refractivity (Wildman–Crippen MR) is 50.5 cm³/mol. The largest absolute Gasteiger partial charge is 0.0842 e. The van der Waals surface area contributed by atoms with Gasteiger partial charge in [-0.2, -0.15) is 0 Å². The SMILES string of the molecule is CC/C=C\C1=C(C)CCC=C1. The Hall–Kier alpha value is -0.780. The van der Waals surface area contributed by atoms with Gasteiger partial charge in [-0.05, 0) is 31.8 Å². The summed E-state index contributed by atoms with van der Waals surface area (Å²) >= 11 is 0. The molecular weight excluding hydrogens is 132 g/mol. The van der Waals surface area contributed by atoms with Crippen LogP contribution in [0.5, 0.6) is 0 Å². The van der Waals surface area contributed by atoms with Gasteiger partial charge in [0.1, 0.15) is 0 Å². The van der Waals surface area contributed by atoms with E-state index in [9.17, 15) is 0 Å². The summed E-state index contributed by atoms with van der Waals surface area (Å²) in [6, 6.07) is 0. The second-order valence-electron chi connectivity index (χ2n) is 2.99. The van der Waals surface area contributed by atoms with Gasteiger partial charge in [0.15, 0.2) is 0 Å². The first-order chi connectivity index (χ1) is 5.34. The van der Waals surface area contributed by atoms with Crippen molar-refractivity contribution < 1.29 is 0 Å².